The zero-order chi connectivity index (χ0) is 19.4. The van der Waals surface area contributed by atoms with Crippen LogP contribution in [0.25, 0.3) is 0 Å². The molecule has 0 bridgehead atoms. The number of halogens is 2. The number of rotatable bonds is 4. The van der Waals surface area contributed by atoms with Crippen LogP contribution in [0.3, 0.4) is 0 Å². The summed E-state index contributed by atoms with van der Waals surface area (Å²) in [5, 5.41) is 2.06. The predicted octanol–water partition coefficient (Wildman–Crippen LogP) is 2.59. The largest absolute Gasteiger partial charge is 0.452 e. The molecule has 0 atom stereocenters. The summed E-state index contributed by atoms with van der Waals surface area (Å²) in [5.41, 5.74) is 0.114. The van der Waals surface area contributed by atoms with E-state index in [4.69, 9.17) is 27.9 Å². The lowest BCUT2D eigenvalue weighted by atomic mass is 10.3. The number of carbonyl (C=O) groups is 3. The summed E-state index contributed by atoms with van der Waals surface area (Å²) in [7, 11) is 0. The molecule has 0 N–H and O–H groups in total. The smallest absolute Gasteiger partial charge is 0.340 e. The van der Waals surface area contributed by atoms with Crippen LogP contribution in [0.2, 0.25) is 10.2 Å². The van der Waals surface area contributed by atoms with E-state index in [1.807, 2.05) is 11.4 Å². The number of carbonyl (C=O) groups excluding carboxylic acids is 3. The maximum Gasteiger partial charge on any atom is 0.340 e. The Morgan fingerprint density at radius 2 is 1.85 bits per heavy atom. The monoisotopic (exact) mass is 427 g/mol. The molecule has 2 amide bonds. The van der Waals surface area contributed by atoms with Gasteiger partial charge in [-0.15, -0.1) is 11.3 Å². The third-order valence-electron chi connectivity index (χ3n) is 4.01. The molecule has 0 aliphatic carbocycles. The Hall–Kier alpha value is -2.16. The Labute approximate surface area is 169 Å². The third kappa shape index (κ3) is 4.77. The number of ether oxygens (including phenoxy) is 1. The normalized spacial score (nSPS) is 14.1. The van der Waals surface area contributed by atoms with E-state index in [0.717, 1.165) is 0 Å². The molecule has 1 aliphatic rings. The Morgan fingerprint density at radius 1 is 1.15 bits per heavy atom. The number of esters is 1. The minimum Gasteiger partial charge on any atom is -0.452 e. The van der Waals surface area contributed by atoms with Crippen LogP contribution in [-0.4, -0.2) is 65.4 Å². The van der Waals surface area contributed by atoms with Crippen molar-refractivity contribution in [1.82, 2.24) is 14.8 Å². The van der Waals surface area contributed by atoms with Crippen LogP contribution in [0.1, 0.15) is 20.0 Å². The maximum atomic E-state index is 12.3. The third-order valence-corrected chi connectivity index (χ3v) is 5.55. The van der Waals surface area contributed by atoms with Crippen LogP contribution in [-0.2, 0) is 9.53 Å². The van der Waals surface area contributed by atoms with Crippen molar-refractivity contribution >= 4 is 52.3 Å². The van der Waals surface area contributed by atoms with E-state index >= 15 is 0 Å². The molecule has 3 rings (SSSR count). The molecule has 2 aromatic heterocycles. The lowest BCUT2D eigenvalue weighted by molar-refractivity contribution is -0.136. The molecule has 1 fully saturated rings. The summed E-state index contributed by atoms with van der Waals surface area (Å²) in [5.74, 6) is -1.06. The number of amides is 2. The quantitative estimate of drug-likeness (QED) is 0.553. The highest BCUT2D eigenvalue weighted by Crippen LogP contribution is 2.20. The first kappa shape index (κ1) is 19.6. The van der Waals surface area contributed by atoms with Crippen molar-refractivity contribution in [3.8, 4) is 0 Å². The Bertz CT molecular complexity index is 852. The van der Waals surface area contributed by atoms with Crippen molar-refractivity contribution < 1.29 is 19.1 Å². The van der Waals surface area contributed by atoms with Crippen molar-refractivity contribution in [3.63, 3.8) is 0 Å². The van der Waals surface area contributed by atoms with Gasteiger partial charge in [-0.25, -0.2) is 9.78 Å². The standard InChI is InChI=1S/C17H15Cl2N3O4S/c18-12-8-11(9-20-15(12)19)17(25)26-10-14(23)21-3-5-22(6-4-21)16(24)13-2-1-7-27-13/h1-2,7-9H,3-6,10H2. The molecular formula is C17H15Cl2N3O4S. The van der Waals surface area contributed by atoms with E-state index in [1.165, 1.54) is 23.6 Å². The summed E-state index contributed by atoms with van der Waals surface area (Å²) in [6.45, 7) is 1.27. The summed E-state index contributed by atoms with van der Waals surface area (Å²) in [4.78, 5) is 44.2. The van der Waals surface area contributed by atoms with E-state index < -0.39 is 12.6 Å². The number of hydrogen-bond acceptors (Lipinski definition) is 6. The van der Waals surface area contributed by atoms with Gasteiger partial charge in [0, 0.05) is 32.4 Å². The molecule has 0 spiro atoms. The Balaban J connectivity index is 1.47. The zero-order valence-electron chi connectivity index (χ0n) is 14.1. The van der Waals surface area contributed by atoms with Gasteiger partial charge in [-0.1, -0.05) is 29.3 Å². The highest BCUT2D eigenvalue weighted by atomic mass is 35.5. The number of aromatic nitrogens is 1. The van der Waals surface area contributed by atoms with Gasteiger partial charge < -0.3 is 14.5 Å². The zero-order valence-corrected chi connectivity index (χ0v) is 16.4. The van der Waals surface area contributed by atoms with E-state index in [0.29, 0.717) is 31.1 Å². The second-order valence-electron chi connectivity index (χ2n) is 5.72. The van der Waals surface area contributed by atoms with Crippen molar-refractivity contribution in [3.05, 3.63) is 50.4 Å². The molecule has 27 heavy (non-hydrogen) atoms. The van der Waals surface area contributed by atoms with Crippen molar-refractivity contribution in [2.75, 3.05) is 32.8 Å². The first-order valence-electron chi connectivity index (χ1n) is 8.04. The second kappa shape index (κ2) is 8.69. The lowest BCUT2D eigenvalue weighted by Crippen LogP contribution is -2.51. The average molecular weight is 428 g/mol. The van der Waals surface area contributed by atoms with Crippen molar-refractivity contribution in [2.24, 2.45) is 0 Å². The van der Waals surface area contributed by atoms with Crippen molar-refractivity contribution in [1.29, 1.82) is 0 Å². The van der Waals surface area contributed by atoms with Crippen LogP contribution >= 0.6 is 34.5 Å². The van der Waals surface area contributed by atoms with Crippen LogP contribution < -0.4 is 0 Å². The van der Waals surface area contributed by atoms with Crippen LogP contribution in [0.4, 0.5) is 0 Å². The molecule has 0 saturated carbocycles. The molecule has 2 aromatic rings. The second-order valence-corrected chi connectivity index (χ2v) is 7.44. The van der Waals surface area contributed by atoms with Gasteiger partial charge in [0.05, 0.1) is 15.5 Å². The molecule has 0 radical (unpaired) electrons. The summed E-state index contributed by atoms with van der Waals surface area (Å²) in [6, 6.07) is 4.94. The van der Waals surface area contributed by atoms with Crippen LogP contribution in [0, 0.1) is 0 Å². The van der Waals surface area contributed by atoms with Gasteiger partial charge in [-0.3, -0.25) is 9.59 Å². The number of piperazine rings is 1. The van der Waals surface area contributed by atoms with Gasteiger partial charge in [0.15, 0.2) is 6.61 Å². The summed E-state index contributed by atoms with van der Waals surface area (Å²) in [6.07, 6.45) is 1.23. The molecule has 0 unspecified atom stereocenters. The van der Waals surface area contributed by atoms with Gasteiger partial charge in [0.1, 0.15) is 5.15 Å². The van der Waals surface area contributed by atoms with Crippen LogP contribution in [0.15, 0.2) is 29.8 Å². The van der Waals surface area contributed by atoms with Gasteiger partial charge in [0.2, 0.25) is 0 Å². The number of nitrogens with zero attached hydrogens (tertiary/aromatic N) is 3. The van der Waals surface area contributed by atoms with Crippen molar-refractivity contribution in [2.45, 2.75) is 0 Å². The molecule has 1 saturated heterocycles. The fraction of sp³-hybridized carbons (Fsp3) is 0.294. The number of pyridine rings is 1. The first-order valence-corrected chi connectivity index (χ1v) is 9.68. The van der Waals surface area contributed by atoms with E-state index in [2.05, 4.69) is 4.98 Å². The summed E-state index contributed by atoms with van der Waals surface area (Å²) >= 11 is 12.9. The van der Waals surface area contributed by atoms with Gasteiger partial charge in [0.25, 0.3) is 11.8 Å². The predicted molar refractivity (Wildman–Crippen MR) is 101 cm³/mol. The van der Waals surface area contributed by atoms with E-state index in [1.54, 1.807) is 15.9 Å². The minimum absolute atomic E-state index is 0.0318. The molecule has 0 aromatic carbocycles. The SMILES string of the molecule is O=C(OCC(=O)N1CCN(C(=O)c2cccs2)CC1)c1cnc(Cl)c(Cl)c1. The Kier molecular flexibility index (Phi) is 6.30. The lowest BCUT2D eigenvalue weighted by Gasteiger charge is -2.34. The fourth-order valence-corrected chi connectivity index (χ4v) is 3.51. The van der Waals surface area contributed by atoms with E-state index in [9.17, 15) is 14.4 Å². The molecule has 7 nitrogen and oxygen atoms in total. The molecular weight excluding hydrogens is 413 g/mol. The highest BCUT2D eigenvalue weighted by molar-refractivity contribution is 7.12. The average Bonchev–Trinajstić information content (AvgIpc) is 3.22. The molecule has 1 aliphatic heterocycles. The number of hydrogen-bond donors (Lipinski definition) is 0. The van der Waals surface area contributed by atoms with Gasteiger partial charge in [-0.05, 0) is 17.5 Å². The minimum atomic E-state index is -0.707. The molecule has 10 heteroatoms. The Morgan fingerprint density at radius 3 is 2.48 bits per heavy atom. The number of thiophene rings is 1. The highest BCUT2D eigenvalue weighted by Gasteiger charge is 2.26. The molecule has 142 valence electrons. The van der Waals surface area contributed by atoms with Crippen LogP contribution in [0.5, 0.6) is 0 Å². The van der Waals surface area contributed by atoms with Gasteiger partial charge >= 0.3 is 5.97 Å². The first-order chi connectivity index (χ1) is 13.0. The molecule has 3 heterocycles. The summed E-state index contributed by atoms with van der Waals surface area (Å²) < 4.78 is 5.02. The van der Waals surface area contributed by atoms with Gasteiger partial charge in [-0.2, -0.15) is 0 Å². The topological polar surface area (TPSA) is 79.8 Å². The maximum absolute atomic E-state index is 12.3. The fourth-order valence-electron chi connectivity index (χ4n) is 2.55. The van der Waals surface area contributed by atoms with E-state index in [-0.39, 0.29) is 27.6 Å².